The number of H-pyrrole nitrogens is 1. The van der Waals surface area contributed by atoms with Crippen LogP contribution in [0.1, 0.15) is 18.9 Å². The van der Waals surface area contributed by atoms with Gasteiger partial charge < -0.3 is 9.78 Å². The molecule has 0 radical (unpaired) electrons. The van der Waals surface area contributed by atoms with E-state index in [0.29, 0.717) is 18.4 Å². The minimum atomic E-state index is -0.120. The number of hydrogen-bond acceptors (Lipinski definition) is 2. The fraction of sp³-hybridized carbons (Fsp3) is 0.231. The quantitative estimate of drug-likeness (QED) is 0.946. The molecule has 0 aliphatic heterocycles. The third kappa shape index (κ3) is 2.64. The first-order valence-electron chi connectivity index (χ1n) is 5.38. The van der Waals surface area contributed by atoms with E-state index in [1.165, 1.54) is 6.92 Å². The molecule has 1 N–H and O–H groups in total. The molecule has 0 aliphatic rings. The number of Topliss-reactive ketones (excluding diaryl/α,β-unsaturated/α-hetero) is 1. The molecule has 1 heterocycles. The smallest absolute Gasteiger partial charge is 0.251 e. The van der Waals surface area contributed by atoms with Crippen LogP contribution in [0, 0.1) is 0 Å². The van der Waals surface area contributed by atoms with Crippen molar-refractivity contribution in [3.05, 3.63) is 44.7 Å². The van der Waals surface area contributed by atoms with Gasteiger partial charge in [0.2, 0.25) is 0 Å². The predicted octanol–water partition coefficient (Wildman–Crippen LogP) is 2.81. The molecular weight excluding hydrogens is 282 g/mol. The third-order valence-electron chi connectivity index (χ3n) is 2.65. The van der Waals surface area contributed by atoms with Gasteiger partial charge in [0.15, 0.2) is 0 Å². The van der Waals surface area contributed by atoms with Crippen LogP contribution in [0.5, 0.6) is 0 Å². The Bertz CT molecular complexity index is 631. The van der Waals surface area contributed by atoms with E-state index in [4.69, 9.17) is 0 Å². The maximum absolute atomic E-state index is 11.8. The summed E-state index contributed by atoms with van der Waals surface area (Å²) >= 11 is 3.39. The standard InChI is InChI=1S/C13H12BrNO2/c1-8(16)5-6-10-7-9-3-2-4-11(14)12(9)15-13(10)17/h2-4,7H,5-6H2,1H3,(H,15,17). The number of fused-ring (bicyclic) bond motifs is 1. The lowest BCUT2D eigenvalue weighted by Crippen LogP contribution is -2.13. The van der Waals surface area contributed by atoms with E-state index in [-0.39, 0.29) is 11.3 Å². The monoisotopic (exact) mass is 293 g/mol. The highest BCUT2D eigenvalue weighted by atomic mass is 79.9. The Hall–Kier alpha value is -1.42. The van der Waals surface area contributed by atoms with Gasteiger partial charge in [0, 0.05) is 16.5 Å². The van der Waals surface area contributed by atoms with Crippen LogP contribution in [0.4, 0.5) is 0 Å². The highest BCUT2D eigenvalue weighted by Gasteiger charge is 2.05. The number of aromatic nitrogens is 1. The molecule has 0 aliphatic carbocycles. The van der Waals surface area contributed by atoms with Crippen LogP contribution in [0.3, 0.4) is 0 Å². The van der Waals surface area contributed by atoms with Crippen molar-refractivity contribution >= 4 is 32.6 Å². The van der Waals surface area contributed by atoms with Crippen molar-refractivity contribution in [3.8, 4) is 0 Å². The first-order valence-corrected chi connectivity index (χ1v) is 6.17. The summed E-state index contributed by atoms with van der Waals surface area (Å²) < 4.78 is 0.866. The predicted molar refractivity (Wildman–Crippen MR) is 71.3 cm³/mol. The molecule has 0 saturated heterocycles. The van der Waals surface area contributed by atoms with Crippen molar-refractivity contribution in [2.75, 3.05) is 0 Å². The maximum Gasteiger partial charge on any atom is 0.251 e. The lowest BCUT2D eigenvalue weighted by Gasteiger charge is -2.03. The van der Waals surface area contributed by atoms with Crippen molar-refractivity contribution in [2.45, 2.75) is 19.8 Å². The summed E-state index contributed by atoms with van der Waals surface area (Å²) in [6.07, 6.45) is 0.899. The van der Waals surface area contributed by atoms with Gasteiger partial charge in [0.05, 0.1) is 5.52 Å². The van der Waals surface area contributed by atoms with Gasteiger partial charge in [-0.05, 0) is 46.8 Å². The van der Waals surface area contributed by atoms with Crippen LogP contribution in [0.25, 0.3) is 10.9 Å². The lowest BCUT2D eigenvalue weighted by atomic mass is 10.1. The molecule has 0 amide bonds. The largest absolute Gasteiger partial charge is 0.321 e. The topological polar surface area (TPSA) is 49.9 Å². The molecule has 0 bridgehead atoms. The van der Waals surface area contributed by atoms with Crippen molar-refractivity contribution < 1.29 is 4.79 Å². The Morgan fingerprint density at radius 3 is 2.88 bits per heavy atom. The average Bonchev–Trinajstić information content (AvgIpc) is 2.28. The van der Waals surface area contributed by atoms with Crippen LogP contribution >= 0.6 is 15.9 Å². The Balaban J connectivity index is 2.49. The number of para-hydroxylation sites is 1. The molecule has 0 spiro atoms. The normalized spacial score (nSPS) is 10.7. The fourth-order valence-electron chi connectivity index (χ4n) is 1.74. The number of nitrogens with one attached hydrogen (secondary N) is 1. The Morgan fingerprint density at radius 1 is 1.41 bits per heavy atom. The van der Waals surface area contributed by atoms with Gasteiger partial charge in [-0.1, -0.05) is 12.1 Å². The second-order valence-electron chi connectivity index (χ2n) is 4.03. The first kappa shape index (κ1) is 12.0. The summed E-state index contributed by atoms with van der Waals surface area (Å²) in [5.41, 5.74) is 1.33. The van der Waals surface area contributed by atoms with Gasteiger partial charge in [-0.25, -0.2) is 0 Å². The molecule has 88 valence electrons. The van der Waals surface area contributed by atoms with Crippen LogP contribution < -0.4 is 5.56 Å². The Morgan fingerprint density at radius 2 is 2.18 bits per heavy atom. The molecule has 2 rings (SSSR count). The molecule has 1 aromatic carbocycles. The van der Waals surface area contributed by atoms with Gasteiger partial charge in [-0.15, -0.1) is 0 Å². The summed E-state index contributed by atoms with van der Waals surface area (Å²) in [6.45, 7) is 1.53. The maximum atomic E-state index is 11.8. The number of carbonyl (C=O) groups is 1. The van der Waals surface area contributed by atoms with Crippen LogP contribution in [0.15, 0.2) is 33.5 Å². The minimum Gasteiger partial charge on any atom is -0.321 e. The number of hydrogen-bond donors (Lipinski definition) is 1. The zero-order valence-corrected chi connectivity index (χ0v) is 11.0. The van der Waals surface area contributed by atoms with E-state index in [1.54, 1.807) is 0 Å². The number of pyridine rings is 1. The molecule has 2 aromatic rings. The molecule has 1 aromatic heterocycles. The van der Waals surface area contributed by atoms with Crippen LogP contribution in [-0.2, 0) is 11.2 Å². The van der Waals surface area contributed by atoms with E-state index >= 15 is 0 Å². The number of rotatable bonds is 3. The second kappa shape index (κ2) is 4.84. The number of carbonyl (C=O) groups excluding carboxylic acids is 1. The molecule has 0 unspecified atom stereocenters. The number of halogens is 1. The van der Waals surface area contributed by atoms with E-state index in [0.717, 1.165) is 15.4 Å². The molecule has 0 saturated carbocycles. The van der Waals surface area contributed by atoms with E-state index in [9.17, 15) is 9.59 Å². The van der Waals surface area contributed by atoms with Gasteiger partial charge in [0.1, 0.15) is 5.78 Å². The van der Waals surface area contributed by atoms with Crippen molar-refractivity contribution in [1.82, 2.24) is 4.98 Å². The van der Waals surface area contributed by atoms with Crippen LogP contribution in [0.2, 0.25) is 0 Å². The first-order chi connectivity index (χ1) is 8.08. The van der Waals surface area contributed by atoms with Gasteiger partial charge in [0.25, 0.3) is 5.56 Å². The highest BCUT2D eigenvalue weighted by Crippen LogP contribution is 2.21. The molecule has 3 nitrogen and oxygen atoms in total. The SMILES string of the molecule is CC(=O)CCc1cc2cccc(Br)c2[nH]c1=O. The minimum absolute atomic E-state index is 0.0961. The van der Waals surface area contributed by atoms with E-state index in [1.807, 2.05) is 24.3 Å². The number of ketones is 1. The summed E-state index contributed by atoms with van der Waals surface area (Å²) in [5, 5.41) is 0.970. The molecule has 0 atom stereocenters. The second-order valence-corrected chi connectivity index (χ2v) is 4.88. The van der Waals surface area contributed by atoms with Crippen molar-refractivity contribution in [1.29, 1.82) is 0 Å². The molecular formula is C13H12BrNO2. The fourth-order valence-corrected chi connectivity index (χ4v) is 2.22. The van der Waals surface area contributed by atoms with Gasteiger partial charge in [-0.3, -0.25) is 4.79 Å². The third-order valence-corrected chi connectivity index (χ3v) is 3.31. The molecule has 0 fully saturated rings. The lowest BCUT2D eigenvalue weighted by molar-refractivity contribution is -0.116. The Labute approximate surface area is 107 Å². The van der Waals surface area contributed by atoms with Crippen LogP contribution in [-0.4, -0.2) is 10.8 Å². The number of aryl methyl sites for hydroxylation is 1. The summed E-state index contributed by atoms with van der Waals surface area (Å²) in [5.74, 6) is 0.0961. The average molecular weight is 294 g/mol. The molecule has 17 heavy (non-hydrogen) atoms. The summed E-state index contributed by atoms with van der Waals surface area (Å²) in [7, 11) is 0. The van der Waals surface area contributed by atoms with Crippen molar-refractivity contribution in [3.63, 3.8) is 0 Å². The summed E-state index contributed by atoms with van der Waals surface area (Å²) in [4.78, 5) is 25.6. The van der Waals surface area contributed by atoms with E-state index in [2.05, 4.69) is 20.9 Å². The number of benzene rings is 1. The van der Waals surface area contributed by atoms with Gasteiger partial charge >= 0.3 is 0 Å². The number of aromatic amines is 1. The van der Waals surface area contributed by atoms with Crippen molar-refractivity contribution in [2.24, 2.45) is 0 Å². The van der Waals surface area contributed by atoms with Gasteiger partial charge in [-0.2, -0.15) is 0 Å². The highest BCUT2D eigenvalue weighted by molar-refractivity contribution is 9.10. The van der Waals surface area contributed by atoms with E-state index < -0.39 is 0 Å². The zero-order chi connectivity index (χ0) is 12.4. The summed E-state index contributed by atoms with van der Waals surface area (Å²) in [6, 6.07) is 7.59. The Kier molecular flexibility index (Phi) is 3.43. The molecule has 4 heteroatoms. The zero-order valence-electron chi connectivity index (χ0n) is 9.42.